The van der Waals surface area contributed by atoms with E-state index >= 15 is 0 Å². The molecule has 2 aromatic rings. The molecule has 1 aliphatic heterocycles. The van der Waals surface area contributed by atoms with Gasteiger partial charge in [-0.2, -0.15) is 0 Å². The van der Waals surface area contributed by atoms with Gasteiger partial charge in [-0.1, -0.05) is 29.7 Å². The second-order valence-electron chi connectivity index (χ2n) is 7.88. The summed E-state index contributed by atoms with van der Waals surface area (Å²) in [6, 6.07) is 6.91. The molecular weight excluding hydrogens is 355 g/mol. The zero-order valence-corrected chi connectivity index (χ0v) is 16.7. The molecule has 2 heterocycles. The fraction of sp³-hybridized carbons (Fsp3) is 0.450. The van der Waals surface area contributed by atoms with Crippen molar-refractivity contribution in [2.45, 2.75) is 45.3 Å². The van der Waals surface area contributed by atoms with E-state index < -0.39 is 5.60 Å². The molecule has 2 amide bonds. The number of rotatable bonds is 3. The van der Waals surface area contributed by atoms with E-state index in [1.165, 1.54) is 0 Å². The molecule has 2 radical (unpaired) electrons. The summed E-state index contributed by atoms with van der Waals surface area (Å²) in [4.78, 5) is 34.5. The number of carbonyl (C=O) groups is 2. The van der Waals surface area contributed by atoms with Gasteiger partial charge < -0.3 is 15.0 Å². The van der Waals surface area contributed by atoms with Crippen LogP contribution in [-0.2, 0) is 4.74 Å². The minimum Gasteiger partial charge on any atom is -0.444 e. The van der Waals surface area contributed by atoms with Crippen molar-refractivity contribution in [3.8, 4) is 11.3 Å². The molecule has 1 atom stereocenters. The Balaban J connectivity index is 1.96. The third-order valence-electron chi connectivity index (χ3n) is 4.56. The molecule has 1 saturated heterocycles. The SMILES string of the molecule is [B]c1ccc(-c2nc(C3CCCN3C(=O)OC(C)(C)C)[nH]c2C(=O)NC)cc1. The Morgan fingerprint density at radius 2 is 1.96 bits per heavy atom. The van der Waals surface area contributed by atoms with E-state index in [1.54, 1.807) is 24.1 Å². The Morgan fingerprint density at radius 1 is 1.29 bits per heavy atom. The largest absolute Gasteiger partial charge is 0.444 e. The quantitative estimate of drug-likeness (QED) is 0.800. The highest BCUT2D eigenvalue weighted by atomic mass is 16.6. The Labute approximate surface area is 166 Å². The number of aromatic nitrogens is 2. The predicted octanol–water partition coefficient (Wildman–Crippen LogP) is 2.30. The first-order chi connectivity index (χ1) is 13.2. The Hall–Kier alpha value is -2.77. The fourth-order valence-electron chi connectivity index (χ4n) is 3.28. The van der Waals surface area contributed by atoms with Crippen LogP contribution in [0.15, 0.2) is 24.3 Å². The van der Waals surface area contributed by atoms with Crippen molar-refractivity contribution in [2.24, 2.45) is 0 Å². The molecule has 146 valence electrons. The standard InChI is InChI=1S/C20H25BN4O3/c1-20(2,3)28-19(27)25-11-5-6-14(25)17-23-15(16(24-17)18(26)22-4)12-7-9-13(21)10-8-12/h7-10,14H,5-6,11H2,1-4H3,(H,22,26)(H,23,24). The maximum Gasteiger partial charge on any atom is 0.410 e. The van der Waals surface area contributed by atoms with Crippen LogP contribution < -0.4 is 10.8 Å². The summed E-state index contributed by atoms with van der Waals surface area (Å²) in [7, 11) is 7.34. The van der Waals surface area contributed by atoms with Crippen LogP contribution in [0.4, 0.5) is 4.79 Å². The van der Waals surface area contributed by atoms with Crippen molar-refractivity contribution in [3.63, 3.8) is 0 Å². The summed E-state index contributed by atoms with van der Waals surface area (Å²) in [6.07, 6.45) is 1.22. The van der Waals surface area contributed by atoms with Crippen molar-refractivity contribution < 1.29 is 14.3 Å². The third-order valence-corrected chi connectivity index (χ3v) is 4.56. The normalized spacial score (nSPS) is 16.9. The predicted molar refractivity (Wildman–Crippen MR) is 108 cm³/mol. The van der Waals surface area contributed by atoms with Gasteiger partial charge in [-0.25, -0.2) is 9.78 Å². The molecule has 8 heteroatoms. The average molecular weight is 380 g/mol. The third kappa shape index (κ3) is 4.21. The topological polar surface area (TPSA) is 87.3 Å². The number of hydrogen-bond acceptors (Lipinski definition) is 4. The Bertz CT molecular complexity index is 871. The smallest absolute Gasteiger partial charge is 0.410 e. The van der Waals surface area contributed by atoms with E-state index in [1.807, 2.05) is 32.9 Å². The van der Waals surface area contributed by atoms with Gasteiger partial charge in [0, 0.05) is 19.2 Å². The highest BCUT2D eigenvalue weighted by Gasteiger charge is 2.36. The lowest BCUT2D eigenvalue weighted by Crippen LogP contribution is -2.36. The van der Waals surface area contributed by atoms with Crippen molar-refractivity contribution >= 4 is 25.3 Å². The number of hydrogen-bond donors (Lipinski definition) is 2. The molecule has 1 aromatic heterocycles. The van der Waals surface area contributed by atoms with E-state index in [4.69, 9.17) is 12.6 Å². The molecule has 28 heavy (non-hydrogen) atoms. The van der Waals surface area contributed by atoms with Gasteiger partial charge in [-0.3, -0.25) is 9.69 Å². The maximum absolute atomic E-state index is 12.6. The lowest BCUT2D eigenvalue weighted by molar-refractivity contribution is 0.0218. The van der Waals surface area contributed by atoms with E-state index in [0.29, 0.717) is 29.2 Å². The molecule has 1 fully saturated rings. The van der Waals surface area contributed by atoms with Gasteiger partial charge in [-0.05, 0) is 33.6 Å². The van der Waals surface area contributed by atoms with Crippen molar-refractivity contribution in [1.82, 2.24) is 20.2 Å². The number of likely N-dealkylation sites (tertiary alicyclic amines) is 1. The molecule has 3 rings (SSSR count). The average Bonchev–Trinajstić information content (AvgIpc) is 3.27. The van der Waals surface area contributed by atoms with Crippen molar-refractivity contribution in [1.29, 1.82) is 0 Å². The first-order valence-electron chi connectivity index (χ1n) is 9.37. The number of H-pyrrole nitrogens is 1. The highest BCUT2D eigenvalue weighted by molar-refractivity contribution is 6.32. The molecule has 7 nitrogen and oxygen atoms in total. The second-order valence-corrected chi connectivity index (χ2v) is 7.88. The van der Waals surface area contributed by atoms with Gasteiger partial charge in [0.2, 0.25) is 0 Å². The molecular formula is C20H25BN4O3. The molecule has 1 aliphatic rings. The molecule has 0 spiro atoms. The van der Waals surface area contributed by atoms with Crippen molar-refractivity contribution in [2.75, 3.05) is 13.6 Å². The number of imidazole rings is 1. The number of aromatic amines is 1. The Morgan fingerprint density at radius 3 is 2.57 bits per heavy atom. The molecule has 0 saturated carbocycles. The van der Waals surface area contributed by atoms with Gasteiger partial charge in [0.05, 0.1) is 6.04 Å². The molecule has 1 unspecified atom stereocenters. The summed E-state index contributed by atoms with van der Waals surface area (Å²) >= 11 is 0. The minimum absolute atomic E-state index is 0.263. The number of amides is 2. The summed E-state index contributed by atoms with van der Waals surface area (Å²) in [6.45, 7) is 6.11. The number of nitrogens with zero attached hydrogens (tertiary/aromatic N) is 2. The van der Waals surface area contributed by atoms with Crippen LogP contribution in [0.3, 0.4) is 0 Å². The van der Waals surface area contributed by atoms with Gasteiger partial charge >= 0.3 is 6.09 Å². The zero-order valence-electron chi connectivity index (χ0n) is 16.7. The van der Waals surface area contributed by atoms with E-state index in [2.05, 4.69) is 15.3 Å². The summed E-state index contributed by atoms with van der Waals surface area (Å²) in [5, 5.41) is 2.63. The maximum atomic E-state index is 12.6. The van der Waals surface area contributed by atoms with E-state index in [9.17, 15) is 9.59 Å². The van der Waals surface area contributed by atoms with Gasteiger partial charge in [0.1, 0.15) is 30.7 Å². The van der Waals surface area contributed by atoms with Crippen LogP contribution >= 0.6 is 0 Å². The monoisotopic (exact) mass is 380 g/mol. The molecule has 0 bridgehead atoms. The lowest BCUT2D eigenvalue weighted by atomic mass is 9.94. The first-order valence-corrected chi connectivity index (χ1v) is 9.37. The van der Waals surface area contributed by atoms with Crippen LogP contribution in [0.5, 0.6) is 0 Å². The molecule has 2 N–H and O–H groups in total. The summed E-state index contributed by atoms with van der Waals surface area (Å²) in [5.74, 6) is 0.307. The second kappa shape index (κ2) is 7.69. The molecule has 1 aromatic carbocycles. The Kier molecular flexibility index (Phi) is 5.49. The molecule has 0 aliphatic carbocycles. The van der Waals surface area contributed by atoms with Gasteiger partial charge in [0.25, 0.3) is 5.91 Å². The van der Waals surface area contributed by atoms with Crippen molar-refractivity contribution in [3.05, 3.63) is 35.8 Å². The van der Waals surface area contributed by atoms with Gasteiger partial charge in [-0.15, -0.1) is 0 Å². The number of carbonyl (C=O) groups excluding carboxylic acids is 2. The van der Waals surface area contributed by atoms with Crippen LogP contribution in [-0.4, -0.2) is 53.9 Å². The first kappa shape index (κ1) is 20.0. The number of ether oxygens (including phenoxy) is 1. The van der Waals surface area contributed by atoms with Crippen LogP contribution in [0.1, 0.15) is 56.0 Å². The van der Waals surface area contributed by atoms with Gasteiger partial charge in [0.15, 0.2) is 0 Å². The summed E-state index contributed by atoms with van der Waals surface area (Å²) in [5.41, 5.74) is 1.73. The highest BCUT2D eigenvalue weighted by Crippen LogP contribution is 2.34. The minimum atomic E-state index is -0.574. The van der Waals surface area contributed by atoms with E-state index in [0.717, 1.165) is 18.4 Å². The lowest BCUT2D eigenvalue weighted by Gasteiger charge is -2.27. The number of benzene rings is 1. The van der Waals surface area contributed by atoms with Crippen LogP contribution in [0, 0.1) is 0 Å². The zero-order chi connectivity index (χ0) is 20.5. The van der Waals surface area contributed by atoms with E-state index in [-0.39, 0.29) is 18.0 Å². The van der Waals surface area contributed by atoms with Crippen LogP contribution in [0.25, 0.3) is 11.3 Å². The fourth-order valence-corrected chi connectivity index (χ4v) is 3.28. The van der Waals surface area contributed by atoms with Crippen LogP contribution in [0.2, 0.25) is 0 Å². The summed E-state index contributed by atoms with van der Waals surface area (Å²) < 4.78 is 5.53. The number of nitrogens with one attached hydrogen (secondary N) is 2.